The minimum Gasteiger partial charge on any atom is -0.225 e. The molecule has 0 saturated carbocycles. The van der Waals surface area contributed by atoms with Crippen LogP contribution in [0.5, 0.6) is 0 Å². The summed E-state index contributed by atoms with van der Waals surface area (Å²) in [6.45, 7) is 1.73. The van der Waals surface area contributed by atoms with Gasteiger partial charge in [-0.1, -0.05) is 12.1 Å². The first kappa shape index (κ1) is 14.2. The average molecular weight is 278 g/mol. The highest BCUT2D eigenvalue weighted by molar-refractivity contribution is 8.26. The Morgan fingerprint density at radius 2 is 1.93 bits per heavy atom. The van der Waals surface area contributed by atoms with Crippen molar-refractivity contribution in [1.29, 1.82) is 0 Å². The largest absolute Gasteiger partial charge is 0.225 e. The molecule has 0 N–H and O–H groups in total. The van der Waals surface area contributed by atoms with Crippen molar-refractivity contribution in [2.24, 2.45) is 0 Å². The molecule has 0 aliphatic heterocycles. The summed E-state index contributed by atoms with van der Waals surface area (Å²) in [6.07, 6.45) is 0. The standard InChI is InChI=1S/C8H8ClF.Cl2OS/c1-6-2-3-7(5-9)4-8(6)10;1-4(2)3/h2-4H,5H2,1H3;. The van der Waals surface area contributed by atoms with E-state index in [2.05, 4.69) is 21.4 Å². The lowest BCUT2D eigenvalue weighted by molar-refractivity contribution is 0.617. The van der Waals surface area contributed by atoms with Gasteiger partial charge in [0.15, 0.2) is 0 Å². The normalized spacial score (nSPS) is 9.57. The number of benzene rings is 1. The first-order valence-corrected chi connectivity index (χ1v) is 6.86. The molecular weight excluding hydrogens is 270 g/mol. The summed E-state index contributed by atoms with van der Waals surface area (Å²) in [6, 6.07) is 5.01. The zero-order valence-corrected chi connectivity index (χ0v) is 10.4. The van der Waals surface area contributed by atoms with E-state index < -0.39 is 9.23 Å². The summed E-state index contributed by atoms with van der Waals surface area (Å²) in [4.78, 5) is 0. The highest BCUT2D eigenvalue weighted by Gasteiger charge is 1.96. The van der Waals surface area contributed by atoms with Gasteiger partial charge in [0.05, 0.1) is 0 Å². The van der Waals surface area contributed by atoms with E-state index in [1.54, 1.807) is 13.0 Å². The van der Waals surface area contributed by atoms with E-state index in [-0.39, 0.29) is 5.82 Å². The van der Waals surface area contributed by atoms with Crippen molar-refractivity contribution in [3.8, 4) is 0 Å². The van der Waals surface area contributed by atoms with Gasteiger partial charge in [-0.25, -0.2) is 8.60 Å². The molecule has 1 rings (SSSR count). The Labute approximate surface area is 98.6 Å². The van der Waals surface area contributed by atoms with E-state index in [0.29, 0.717) is 11.4 Å². The monoisotopic (exact) mass is 276 g/mol. The summed E-state index contributed by atoms with van der Waals surface area (Å²) < 4.78 is 21.8. The molecule has 0 unspecified atom stereocenters. The molecule has 0 bridgehead atoms. The highest BCUT2D eigenvalue weighted by atomic mass is 36.0. The number of alkyl halides is 1. The number of hydrogen-bond donors (Lipinski definition) is 0. The molecule has 0 amide bonds. The van der Waals surface area contributed by atoms with E-state index in [1.807, 2.05) is 6.07 Å². The lowest BCUT2D eigenvalue weighted by atomic mass is 10.2. The summed E-state index contributed by atoms with van der Waals surface area (Å²) >= 11 is 5.48. The molecule has 14 heavy (non-hydrogen) atoms. The van der Waals surface area contributed by atoms with Gasteiger partial charge in [0.1, 0.15) is 5.82 Å². The van der Waals surface area contributed by atoms with Crippen LogP contribution in [0.2, 0.25) is 0 Å². The average Bonchev–Trinajstić information content (AvgIpc) is 2.09. The highest BCUT2D eigenvalue weighted by Crippen LogP contribution is 2.10. The number of halogens is 4. The van der Waals surface area contributed by atoms with Crippen molar-refractivity contribution < 1.29 is 8.60 Å². The predicted octanol–water partition coefficient (Wildman–Crippen LogP) is 3.92. The van der Waals surface area contributed by atoms with Gasteiger partial charge in [0.25, 0.3) is 0 Å². The molecule has 0 atom stereocenters. The Kier molecular flexibility index (Phi) is 7.55. The molecule has 0 aliphatic rings. The van der Waals surface area contributed by atoms with Crippen molar-refractivity contribution in [1.82, 2.24) is 0 Å². The lowest BCUT2D eigenvalue weighted by Gasteiger charge is -1.97. The molecule has 0 spiro atoms. The van der Waals surface area contributed by atoms with Crippen LogP contribution in [-0.4, -0.2) is 4.21 Å². The number of hydrogen-bond acceptors (Lipinski definition) is 1. The van der Waals surface area contributed by atoms with Gasteiger partial charge in [-0.05, 0) is 24.1 Å². The summed E-state index contributed by atoms with van der Waals surface area (Å²) in [5.74, 6) is 0.190. The van der Waals surface area contributed by atoms with Gasteiger partial charge < -0.3 is 0 Å². The van der Waals surface area contributed by atoms with Crippen LogP contribution in [-0.2, 0) is 15.1 Å². The molecule has 6 heteroatoms. The molecule has 0 aromatic heterocycles. The molecule has 0 fully saturated rings. The number of rotatable bonds is 1. The van der Waals surface area contributed by atoms with Gasteiger partial charge in [0.2, 0.25) is 9.23 Å². The van der Waals surface area contributed by atoms with Crippen LogP contribution in [0, 0.1) is 12.7 Å². The SMILES string of the molecule is Cc1ccc(CCl)cc1F.O=S(Cl)Cl. The second-order valence-electron chi connectivity index (χ2n) is 2.40. The summed E-state index contributed by atoms with van der Waals surface area (Å²) in [5, 5.41) is 0. The molecule has 0 aliphatic carbocycles. The molecular formula is C8H8Cl3FOS. The summed E-state index contributed by atoms with van der Waals surface area (Å²) in [5.41, 5.74) is 1.48. The van der Waals surface area contributed by atoms with Crippen LogP contribution in [0.25, 0.3) is 0 Å². The fourth-order valence-electron chi connectivity index (χ4n) is 0.719. The Hall–Kier alpha value is 0.170. The number of aryl methyl sites for hydroxylation is 1. The maximum absolute atomic E-state index is 12.7. The van der Waals surface area contributed by atoms with E-state index in [0.717, 1.165) is 5.56 Å². The van der Waals surface area contributed by atoms with Gasteiger partial charge in [0, 0.05) is 27.2 Å². The molecule has 1 aromatic carbocycles. The van der Waals surface area contributed by atoms with Crippen LogP contribution < -0.4 is 0 Å². The van der Waals surface area contributed by atoms with Gasteiger partial charge in [-0.15, -0.1) is 11.6 Å². The van der Waals surface area contributed by atoms with E-state index in [4.69, 9.17) is 15.8 Å². The van der Waals surface area contributed by atoms with Crippen LogP contribution in [0.3, 0.4) is 0 Å². The maximum Gasteiger partial charge on any atom is 0.211 e. The molecule has 80 valence electrons. The third-order valence-corrected chi connectivity index (χ3v) is 1.70. The van der Waals surface area contributed by atoms with E-state index >= 15 is 0 Å². The quantitative estimate of drug-likeness (QED) is 0.562. The fraction of sp³-hybridized carbons (Fsp3) is 0.250. The van der Waals surface area contributed by atoms with Gasteiger partial charge >= 0.3 is 0 Å². The second-order valence-corrected chi connectivity index (χ2v) is 5.19. The molecule has 1 aromatic rings. The molecule has 0 heterocycles. The Bertz CT molecular complexity index is 315. The van der Waals surface area contributed by atoms with Crippen molar-refractivity contribution in [3.05, 3.63) is 35.1 Å². The van der Waals surface area contributed by atoms with Crippen LogP contribution in [0.4, 0.5) is 4.39 Å². The molecule has 0 radical (unpaired) electrons. The first-order valence-electron chi connectivity index (χ1n) is 3.52. The smallest absolute Gasteiger partial charge is 0.211 e. The van der Waals surface area contributed by atoms with E-state index in [9.17, 15) is 4.39 Å². The third-order valence-electron chi connectivity index (χ3n) is 1.39. The van der Waals surface area contributed by atoms with Gasteiger partial charge in [-0.3, -0.25) is 0 Å². The zero-order chi connectivity index (χ0) is 11.1. The van der Waals surface area contributed by atoms with E-state index in [1.165, 1.54) is 6.07 Å². The fourth-order valence-corrected chi connectivity index (χ4v) is 0.886. The molecule has 0 saturated heterocycles. The lowest BCUT2D eigenvalue weighted by Crippen LogP contribution is -1.84. The first-order chi connectivity index (χ1) is 6.47. The minimum absolute atomic E-state index is 0.182. The third kappa shape index (κ3) is 6.60. The van der Waals surface area contributed by atoms with Gasteiger partial charge in [-0.2, -0.15) is 0 Å². The Morgan fingerprint density at radius 1 is 1.43 bits per heavy atom. The van der Waals surface area contributed by atoms with Crippen molar-refractivity contribution in [3.63, 3.8) is 0 Å². The summed E-state index contributed by atoms with van der Waals surface area (Å²) in [7, 11) is 7.36. The van der Waals surface area contributed by atoms with Crippen LogP contribution in [0.1, 0.15) is 11.1 Å². The maximum atomic E-state index is 12.7. The Balaban J connectivity index is 0.000000364. The topological polar surface area (TPSA) is 17.1 Å². The zero-order valence-electron chi connectivity index (χ0n) is 7.27. The van der Waals surface area contributed by atoms with Crippen molar-refractivity contribution in [2.75, 3.05) is 0 Å². The Morgan fingerprint density at radius 3 is 2.29 bits per heavy atom. The molecule has 1 nitrogen and oxygen atoms in total. The van der Waals surface area contributed by atoms with Crippen LogP contribution in [0.15, 0.2) is 18.2 Å². The minimum atomic E-state index is -1.67. The predicted molar refractivity (Wildman–Crippen MR) is 60.5 cm³/mol. The van der Waals surface area contributed by atoms with Crippen molar-refractivity contribution in [2.45, 2.75) is 12.8 Å². The van der Waals surface area contributed by atoms with Crippen LogP contribution >= 0.6 is 33.0 Å². The van der Waals surface area contributed by atoms with Crippen molar-refractivity contribution >= 4 is 42.2 Å². The second kappa shape index (κ2) is 7.46.